The van der Waals surface area contributed by atoms with Gasteiger partial charge in [-0.05, 0) is 43.2 Å². The quantitative estimate of drug-likeness (QED) is 0.539. The molecule has 4 aromatic rings. The fourth-order valence-corrected chi connectivity index (χ4v) is 3.80. The monoisotopic (exact) mass is 416 g/mol. The van der Waals surface area contributed by atoms with Crippen molar-refractivity contribution in [3.05, 3.63) is 77.6 Å². The number of rotatable bonds is 5. The average molecular weight is 416 g/mol. The van der Waals surface area contributed by atoms with E-state index in [9.17, 15) is 9.18 Å². The standard InChI is InChI=1S/C23H21FN6O/c1-15-6-8-16(9-7-15)14-29-13-12-19(23(29)31)25-20-10-11-21-26-27-22(30(21)28-20)17-4-2-3-5-18(17)24/h2-11,19H,12-14H2,1H3,(H,25,28). The number of carbonyl (C=O) groups is 1. The number of aryl methyl sites for hydroxylation is 1. The number of amides is 1. The number of benzene rings is 2. The molecule has 5 rings (SSSR count). The SMILES string of the molecule is Cc1ccc(CN2CCC(Nc3ccc4nnc(-c5ccccc5F)n4n3)C2=O)cc1. The Morgan fingerprint density at radius 1 is 1.06 bits per heavy atom. The van der Waals surface area contributed by atoms with Gasteiger partial charge in [-0.2, -0.15) is 4.52 Å². The molecule has 0 aliphatic carbocycles. The number of aromatic nitrogens is 4. The summed E-state index contributed by atoms with van der Waals surface area (Å²) in [5.74, 6) is 0.478. The van der Waals surface area contributed by atoms with Crippen molar-refractivity contribution in [2.45, 2.75) is 25.9 Å². The van der Waals surface area contributed by atoms with Gasteiger partial charge in [-0.1, -0.05) is 42.0 Å². The molecule has 1 aliphatic heterocycles. The van der Waals surface area contributed by atoms with Crippen LogP contribution in [-0.4, -0.2) is 43.2 Å². The van der Waals surface area contributed by atoms with Crippen LogP contribution in [0, 0.1) is 12.7 Å². The summed E-state index contributed by atoms with van der Waals surface area (Å²) in [5.41, 5.74) is 3.13. The smallest absolute Gasteiger partial charge is 0.245 e. The van der Waals surface area contributed by atoms with Crippen molar-refractivity contribution in [3.8, 4) is 11.4 Å². The van der Waals surface area contributed by atoms with E-state index in [2.05, 4.69) is 44.9 Å². The van der Waals surface area contributed by atoms with Crippen LogP contribution in [0.5, 0.6) is 0 Å². The third-order valence-electron chi connectivity index (χ3n) is 5.49. The van der Waals surface area contributed by atoms with Crippen LogP contribution in [0.1, 0.15) is 17.5 Å². The number of likely N-dealkylation sites (tertiary alicyclic amines) is 1. The average Bonchev–Trinajstić information content (AvgIpc) is 3.34. The summed E-state index contributed by atoms with van der Waals surface area (Å²) < 4.78 is 15.7. The van der Waals surface area contributed by atoms with Crippen molar-refractivity contribution in [1.29, 1.82) is 0 Å². The summed E-state index contributed by atoms with van der Waals surface area (Å²) in [7, 11) is 0. The zero-order chi connectivity index (χ0) is 21.4. The Hall–Kier alpha value is -3.81. The molecule has 0 spiro atoms. The maximum atomic E-state index is 14.2. The number of hydrogen-bond acceptors (Lipinski definition) is 5. The van der Waals surface area contributed by atoms with E-state index in [1.54, 1.807) is 30.3 Å². The summed E-state index contributed by atoms with van der Waals surface area (Å²) >= 11 is 0. The third-order valence-corrected chi connectivity index (χ3v) is 5.49. The Morgan fingerprint density at radius 3 is 2.68 bits per heavy atom. The lowest BCUT2D eigenvalue weighted by molar-refractivity contribution is -0.128. The second-order valence-corrected chi connectivity index (χ2v) is 7.72. The van der Waals surface area contributed by atoms with E-state index in [0.717, 1.165) is 5.56 Å². The zero-order valence-corrected chi connectivity index (χ0v) is 17.0. The molecule has 1 unspecified atom stereocenters. The second kappa shape index (κ2) is 7.79. The van der Waals surface area contributed by atoms with Crippen LogP contribution < -0.4 is 5.32 Å². The van der Waals surface area contributed by atoms with Gasteiger partial charge >= 0.3 is 0 Å². The Balaban J connectivity index is 1.35. The van der Waals surface area contributed by atoms with E-state index in [4.69, 9.17) is 0 Å². The second-order valence-electron chi connectivity index (χ2n) is 7.72. The maximum Gasteiger partial charge on any atom is 0.245 e. The van der Waals surface area contributed by atoms with Crippen molar-refractivity contribution >= 4 is 17.4 Å². The highest BCUT2D eigenvalue weighted by Crippen LogP contribution is 2.23. The molecular formula is C23H21FN6O. The molecule has 2 aromatic heterocycles. The van der Waals surface area contributed by atoms with Crippen LogP contribution in [0.15, 0.2) is 60.7 Å². The lowest BCUT2D eigenvalue weighted by Crippen LogP contribution is -2.33. The molecule has 31 heavy (non-hydrogen) atoms. The molecule has 0 radical (unpaired) electrons. The Morgan fingerprint density at radius 2 is 1.87 bits per heavy atom. The fraction of sp³-hybridized carbons (Fsp3) is 0.217. The van der Waals surface area contributed by atoms with E-state index >= 15 is 0 Å². The van der Waals surface area contributed by atoms with Crippen molar-refractivity contribution in [3.63, 3.8) is 0 Å². The predicted molar refractivity (Wildman–Crippen MR) is 115 cm³/mol. The normalized spacial score (nSPS) is 16.3. The minimum atomic E-state index is -0.394. The van der Waals surface area contributed by atoms with Crippen LogP contribution in [0.4, 0.5) is 10.2 Å². The van der Waals surface area contributed by atoms with Gasteiger partial charge in [-0.15, -0.1) is 15.3 Å². The van der Waals surface area contributed by atoms with Gasteiger partial charge in [0.2, 0.25) is 5.91 Å². The molecule has 0 bridgehead atoms. The molecule has 1 atom stereocenters. The van der Waals surface area contributed by atoms with Crippen molar-refractivity contribution in [2.75, 3.05) is 11.9 Å². The molecule has 156 valence electrons. The van der Waals surface area contributed by atoms with Crippen molar-refractivity contribution in [2.24, 2.45) is 0 Å². The van der Waals surface area contributed by atoms with Gasteiger partial charge < -0.3 is 10.2 Å². The van der Waals surface area contributed by atoms with E-state index in [1.807, 2.05) is 11.8 Å². The molecule has 2 aromatic carbocycles. The van der Waals surface area contributed by atoms with Crippen molar-refractivity contribution in [1.82, 2.24) is 24.7 Å². The topological polar surface area (TPSA) is 75.4 Å². The Kier molecular flexibility index (Phi) is 4.82. The number of hydrogen-bond donors (Lipinski definition) is 1. The number of nitrogens with one attached hydrogen (secondary N) is 1. The van der Waals surface area contributed by atoms with E-state index in [1.165, 1.54) is 16.1 Å². The third kappa shape index (κ3) is 3.72. The fourth-order valence-electron chi connectivity index (χ4n) is 3.80. The lowest BCUT2D eigenvalue weighted by atomic mass is 10.1. The van der Waals surface area contributed by atoms with Gasteiger partial charge in [0.25, 0.3) is 0 Å². The van der Waals surface area contributed by atoms with Gasteiger partial charge in [-0.3, -0.25) is 4.79 Å². The molecule has 0 saturated carbocycles. The highest BCUT2D eigenvalue weighted by Gasteiger charge is 2.31. The molecule has 1 aliphatic rings. The van der Waals surface area contributed by atoms with Gasteiger partial charge in [-0.25, -0.2) is 4.39 Å². The summed E-state index contributed by atoms with van der Waals surface area (Å²) in [6, 6.07) is 17.7. The zero-order valence-electron chi connectivity index (χ0n) is 17.0. The van der Waals surface area contributed by atoms with Gasteiger partial charge in [0.15, 0.2) is 11.5 Å². The largest absolute Gasteiger partial charge is 0.357 e. The highest BCUT2D eigenvalue weighted by atomic mass is 19.1. The first-order valence-corrected chi connectivity index (χ1v) is 10.2. The summed E-state index contributed by atoms with van der Waals surface area (Å²) in [5, 5.41) is 15.9. The minimum absolute atomic E-state index is 0.0422. The van der Waals surface area contributed by atoms with Crippen LogP contribution in [-0.2, 0) is 11.3 Å². The molecule has 8 heteroatoms. The van der Waals surface area contributed by atoms with Crippen LogP contribution in [0.2, 0.25) is 0 Å². The van der Waals surface area contributed by atoms with Crippen LogP contribution >= 0.6 is 0 Å². The number of anilines is 1. The molecule has 1 amide bonds. The molecular weight excluding hydrogens is 395 g/mol. The van der Waals surface area contributed by atoms with E-state index in [0.29, 0.717) is 42.4 Å². The summed E-state index contributed by atoms with van der Waals surface area (Å²) in [6.07, 6.45) is 0.687. The van der Waals surface area contributed by atoms with Gasteiger partial charge in [0.1, 0.15) is 17.7 Å². The number of nitrogens with zero attached hydrogens (tertiary/aromatic N) is 5. The predicted octanol–water partition coefficient (Wildman–Crippen LogP) is 3.45. The Labute approximate surface area is 178 Å². The van der Waals surface area contributed by atoms with E-state index in [-0.39, 0.29) is 11.9 Å². The molecule has 1 fully saturated rings. The number of carbonyl (C=O) groups excluding carboxylic acids is 1. The minimum Gasteiger partial charge on any atom is -0.357 e. The number of fused-ring (bicyclic) bond motifs is 1. The van der Waals surface area contributed by atoms with Crippen LogP contribution in [0.3, 0.4) is 0 Å². The Bertz CT molecular complexity index is 1250. The number of halogens is 1. The first-order chi connectivity index (χ1) is 15.1. The molecule has 7 nitrogen and oxygen atoms in total. The summed E-state index contributed by atoms with van der Waals surface area (Å²) in [4.78, 5) is 14.7. The van der Waals surface area contributed by atoms with Gasteiger partial charge in [0.05, 0.1) is 5.56 Å². The van der Waals surface area contributed by atoms with Crippen molar-refractivity contribution < 1.29 is 9.18 Å². The van der Waals surface area contributed by atoms with Crippen LogP contribution in [0.25, 0.3) is 17.0 Å². The van der Waals surface area contributed by atoms with Gasteiger partial charge in [0, 0.05) is 13.1 Å². The first-order valence-electron chi connectivity index (χ1n) is 10.2. The van der Waals surface area contributed by atoms with E-state index < -0.39 is 5.82 Å². The molecule has 1 saturated heterocycles. The summed E-state index contributed by atoms with van der Waals surface area (Å²) in [6.45, 7) is 3.31. The molecule has 3 heterocycles. The lowest BCUT2D eigenvalue weighted by Gasteiger charge is -2.17. The maximum absolute atomic E-state index is 14.2. The molecule has 1 N–H and O–H groups in total. The highest BCUT2D eigenvalue weighted by molar-refractivity contribution is 5.86. The first kappa shape index (κ1) is 19.2.